The summed E-state index contributed by atoms with van der Waals surface area (Å²) in [6.07, 6.45) is 4.26. The minimum atomic E-state index is 0.654. The Morgan fingerprint density at radius 3 is 2.67 bits per heavy atom. The first-order valence-electron chi connectivity index (χ1n) is 5.32. The van der Waals surface area contributed by atoms with Gasteiger partial charge in [-0.3, -0.25) is 10.3 Å². The summed E-state index contributed by atoms with van der Waals surface area (Å²) in [7, 11) is 2.16. The number of aromatic nitrogens is 1. The predicted octanol–water partition coefficient (Wildman–Crippen LogP) is 2.05. The van der Waals surface area contributed by atoms with E-state index in [0.29, 0.717) is 6.04 Å². The van der Waals surface area contributed by atoms with Crippen molar-refractivity contribution in [3.63, 3.8) is 0 Å². The molecule has 0 aliphatic carbocycles. The van der Waals surface area contributed by atoms with Crippen LogP contribution in [0.4, 0.5) is 5.13 Å². The Hall–Kier alpha value is -0.650. The molecule has 1 rings (SSSR count). The van der Waals surface area contributed by atoms with Crippen LogP contribution in [0.25, 0.3) is 0 Å². The standard InChI is InChI=1S/C10H20N4S/c1-4-8(5-2)14(3)7-9-6-12-10(13-11)15-9/h6,8H,4-5,7,11H2,1-3H3,(H,12,13). The van der Waals surface area contributed by atoms with Crippen molar-refractivity contribution in [1.29, 1.82) is 0 Å². The van der Waals surface area contributed by atoms with E-state index in [1.165, 1.54) is 17.7 Å². The average molecular weight is 228 g/mol. The number of rotatable bonds is 6. The van der Waals surface area contributed by atoms with Gasteiger partial charge in [-0.05, 0) is 19.9 Å². The minimum Gasteiger partial charge on any atom is -0.300 e. The molecule has 15 heavy (non-hydrogen) atoms. The van der Waals surface area contributed by atoms with E-state index in [1.54, 1.807) is 11.3 Å². The second-order valence-electron chi connectivity index (χ2n) is 3.66. The lowest BCUT2D eigenvalue weighted by Crippen LogP contribution is -2.29. The van der Waals surface area contributed by atoms with E-state index >= 15 is 0 Å². The van der Waals surface area contributed by atoms with E-state index in [0.717, 1.165) is 11.7 Å². The lowest BCUT2D eigenvalue weighted by Gasteiger charge is -2.25. The van der Waals surface area contributed by atoms with Crippen molar-refractivity contribution >= 4 is 16.5 Å². The summed E-state index contributed by atoms with van der Waals surface area (Å²) in [6, 6.07) is 0.654. The van der Waals surface area contributed by atoms with Gasteiger partial charge in [0.15, 0.2) is 5.13 Å². The van der Waals surface area contributed by atoms with Crippen LogP contribution in [0.5, 0.6) is 0 Å². The van der Waals surface area contributed by atoms with Gasteiger partial charge in [-0.15, -0.1) is 0 Å². The fraction of sp³-hybridized carbons (Fsp3) is 0.700. The molecule has 0 radical (unpaired) electrons. The third kappa shape index (κ3) is 3.44. The van der Waals surface area contributed by atoms with Crippen LogP contribution in [0.1, 0.15) is 31.6 Å². The number of hydrazine groups is 1. The van der Waals surface area contributed by atoms with E-state index in [9.17, 15) is 0 Å². The maximum absolute atomic E-state index is 5.29. The van der Waals surface area contributed by atoms with Crippen LogP contribution in [0.15, 0.2) is 6.20 Å². The molecule has 0 amide bonds. The topological polar surface area (TPSA) is 54.2 Å². The molecule has 0 aromatic carbocycles. The first-order valence-corrected chi connectivity index (χ1v) is 6.14. The van der Waals surface area contributed by atoms with E-state index in [2.05, 4.69) is 36.2 Å². The van der Waals surface area contributed by atoms with Crippen LogP contribution < -0.4 is 11.3 Å². The van der Waals surface area contributed by atoms with Crippen LogP contribution in [0.2, 0.25) is 0 Å². The molecule has 0 atom stereocenters. The van der Waals surface area contributed by atoms with Gasteiger partial charge < -0.3 is 0 Å². The Labute approximate surface area is 95.5 Å². The number of hydrogen-bond donors (Lipinski definition) is 2. The Morgan fingerprint density at radius 2 is 2.20 bits per heavy atom. The fourth-order valence-electron chi connectivity index (χ4n) is 1.73. The zero-order valence-electron chi connectivity index (χ0n) is 9.66. The molecule has 0 unspecified atom stereocenters. The van der Waals surface area contributed by atoms with Gasteiger partial charge in [0.05, 0.1) is 0 Å². The largest absolute Gasteiger partial charge is 0.300 e. The quantitative estimate of drug-likeness (QED) is 0.578. The van der Waals surface area contributed by atoms with Crippen LogP contribution >= 0.6 is 11.3 Å². The Bertz CT molecular complexity index is 283. The van der Waals surface area contributed by atoms with Gasteiger partial charge in [0, 0.05) is 23.7 Å². The first-order chi connectivity index (χ1) is 7.21. The maximum Gasteiger partial charge on any atom is 0.197 e. The number of nitrogens with one attached hydrogen (secondary N) is 1. The highest BCUT2D eigenvalue weighted by Crippen LogP contribution is 2.19. The third-order valence-electron chi connectivity index (χ3n) is 2.65. The molecule has 0 aliphatic heterocycles. The predicted molar refractivity (Wildman–Crippen MR) is 65.8 cm³/mol. The highest BCUT2D eigenvalue weighted by atomic mass is 32.1. The first kappa shape index (κ1) is 12.4. The summed E-state index contributed by atoms with van der Waals surface area (Å²) in [5, 5.41) is 0.781. The summed E-state index contributed by atoms with van der Waals surface area (Å²) in [4.78, 5) is 7.77. The van der Waals surface area contributed by atoms with Gasteiger partial charge in [0.25, 0.3) is 0 Å². The number of nitrogens with two attached hydrogens (primary N) is 1. The van der Waals surface area contributed by atoms with Crippen molar-refractivity contribution in [3.05, 3.63) is 11.1 Å². The molecule has 5 heteroatoms. The molecule has 0 saturated carbocycles. The number of anilines is 1. The summed E-state index contributed by atoms with van der Waals surface area (Å²) in [6.45, 7) is 5.40. The number of nitrogen functional groups attached to an aromatic ring is 1. The molecular formula is C10H20N4S. The zero-order chi connectivity index (χ0) is 11.3. The molecule has 3 N–H and O–H groups in total. The SMILES string of the molecule is CCC(CC)N(C)Cc1cnc(NN)s1. The van der Waals surface area contributed by atoms with Crippen molar-refractivity contribution in [1.82, 2.24) is 9.88 Å². The lowest BCUT2D eigenvalue weighted by molar-refractivity contribution is 0.223. The molecular weight excluding hydrogens is 208 g/mol. The van der Waals surface area contributed by atoms with Crippen LogP contribution in [0.3, 0.4) is 0 Å². The van der Waals surface area contributed by atoms with Crippen molar-refractivity contribution in [2.75, 3.05) is 12.5 Å². The van der Waals surface area contributed by atoms with E-state index in [4.69, 9.17) is 5.84 Å². The maximum atomic E-state index is 5.29. The van der Waals surface area contributed by atoms with Crippen molar-refractivity contribution in [2.24, 2.45) is 5.84 Å². The van der Waals surface area contributed by atoms with Gasteiger partial charge in [-0.1, -0.05) is 25.2 Å². The zero-order valence-corrected chi connectivity index (χ0v) is 10.5. The van der Waals surface area contributed by atoms with Crippen molar-refractivity contribution < 1.29 is 0 Å². The molecule has 0 spiro atoms. The van der Waals surface area contributed by atoms with Crippen LogP contribution in [0, 0.1) is 0 Å². The monoisotopic (exact) mass is 228 g/mol. The molecule has 0 fully saturated rings. The highest BCUT2D eigenvalue weighted by molar-refractivity contribution is 7.15. The Morgan fingerprint density at radius 1 is 1.53 bits per heavy atom. The van der Waals surface area contributed by atoms with Crippen LogP contribution in [-0.4, -0.2) is 23.0 Å². The molecule has 1 heterocycles. The van der Waals surface area contributed by atoms with Gasteiger partial charge in [-0.25, -0.2) is 10.8 Å². The van der Waals surface area contributed by atoms with E-state index in [1.807, 2.05) is 6.20 Å². The summed E-state index contributed by atoms with van der Waals surface area (Å²) < 4.78 is 0. The molecule has 0 saturated heterocycles. The van der Waals surface area contributed by atoms with E-state index in [-0.39, 0.29) is 0 Å². The minimum absolute atomic E-state index is 0.654. The van der Waals surface area contributed by atoms with Gasteiger partial charge in [0.2, 0.25) is 0 Å². The lowest BCUT2D eigenvalue weighted by atomic mass is 10.1. The smallest absolute Gasteiger partial charge is 0.197 e. The van der Waals surface area contributed by atoms with E-state index < -0.39 is 0 Å². The number of nitrogens with zero attached hydrogens (tertiary/aromatic N) is 2. The highest BCUT2D eigenvalue weighted by Gasteiger charge is 2.11. The van der Waals surface area contributed by atoms with Gasteiger partial charge in [-0.2, -0.15) is 0 Å². The second-order valence-corrected chi connectivity index (χ2v) is 4.78. The molecule has 1 aromatic heterocycles. The fourth-order valence-corrected chi connectivity index (χ4v) is 2.52. The van der Waals surface area contributed by atoms with Crippen molar-refractivity contribution in [2.45, 2.75) is 39.3 Å². The van der Waals surface area contributed by atoms with Crippen LogP contribution in [-0.2, 0) is 6.54 Å². The van der Waals surface area contributed by atoms with Crippen molar-refractivity contribution in [3.8, 4) is 0 Å². The number of thiazole rings is 1. The number of hydrogen-bond acceptors (Lipinski definition) is 5. The normalized spacial score (nSPS) is 11.3. The summed E-state index contributed by atoms with van der Waals surface area (Å²) in [5.41, 5.74) is 2.57. The third-order valence-corrected chi connectivity index (χ3v) is 3.56. The Kier molecular flexibility index (Phi) is 5.01. The Balaban J connectivity index is 2.53. The molecule has 0 aliphatic rings. The summed E-state index contributed by atoms with van der Waals surface area (Å²) >= 11 is 1.61. The van der Waals surface area contributed by atoms with Gasteiger partial charge in [0.1, 0.15) is 0 Å². The second kappa shape index (κ2) is 6.05. The molecule has 0 bridgehead atoms. The molecule has 4 nitrogen and oxygen atoms in total. The average Bonchev–Trinajstić information content (AvgIpc) is 2.67. The summed E-state index contributed by atoms with van der Waals surface area (Å²) in [5.74, 6) is 5.29. The van der Waals surface area contributed by atoms with Gasteiger partial charge >= 0.3 is 0 Å². The molecule has 1 aromatic rings. The molecule has 86 valence electrons.